The molecule has 8 nitrogen and oxygen atoms in total. The van der Waals surface area contributed by atoms with Crippen LogP contribution in [0.25, 0.3) is 16.9 Å². The average molecular weight is 500 g/mol. The molecule has 8 heteroatoms. The third-order valence-electron chi connectivity index (χ3n) is 8.30. The van der Waals surface area contributed by atoms with E-state index in [4.69, 9.17) is 4.98 Å². The maximum Gasteiger partial charge on any atom is 0.326 e. The van der Waals surface area contributed by atoms with Crippen LogP contribution in [-0.2, 0) is 16.0 Å². The molecule has 1 spiro atoms. The zero-order chi connectivity index (χ0) is 25.4. The monoisotopic (exact) mass is 499 g/mol. The number of aliphatic carboxylic acids is 1. The van der Waals surface area contributed by atoms with E-state index < -0.39 is 17.4 Å². The van der Waals surface area contributed by atoms with Gasteiger partial charge in [-0.15, -0.1) is 0 Å². The van der Waals surface area contributed by atoms with Gasteiger partial charge in [0.15, 0.2) is 11.4 Å². The molecule has 3 heterocycles. The number of ketones is 1. The van der Waals surface area contributed by atoms with Gasteiger partial charge >= 0.3 is 5.97 Å². The second kappa shape index (κ2) is 9.74. The number of carbonyl (C=O) groups excluding carboxylic acids is 1. The first-order chi connectivity index (χ1) is 18.0. The highest BCUT2D eigenvalue weighted by Gasteiger charge is 2.49. The molecule has 0 radical (unpaired) electrons. The fourth-order valence-electron chi connectivity index (χ4n) is 6.21. The highest BCUT2D eigenvalue weighted by molar-refractivity contribution is 6.05. The number of rotatable bonds is 7. The molecule has 1 saturated heterocycles. The number of carbonyl (C=O) groups is 2. The van der Waals surface area contributed by atoms with Gasteiger partial charge in [-0.1, -0.05) is 37.8 Å². The first kappa shape index (κ1) is 23.9. The summed E-state index contributed by atoms with van der Waals surface area (Å²) in [4.78, 5) is 34.1. The summed E-state index contributed by atoms with van der Waals surface area (Å²) in [5.41, 5.74) is 3.89. The Kier molecular flexibility index (Phi) is 6.28. The number of imidazole rings is 1. The molecule has 6 rings (SSSR count). The van der Waals surface area contributed by atoms with E-state index in [0.717, 1.165) is 79.0 Å². The van der Waals surface area contributed by atoms with E-state index in [0.29, 0.717) is 6.42 Å². The summed E-state index contributed by atoms with van der Waals surface area (Å²) >= 11 is 0. The molecule has 3 aliphatic rings. The highest BCUT2D eigenvalue weighted by atomic mass is 16.4. The van der Waals surface area contributed by atoms with Crippen molar-refractivity contribution >= 4 is 22.9 Å². The molecule has 1 aliphatic heterocycles. The lowest BCUT2D eigenvalue weighted by Crippen LogP contribution is -2.51. The molecule has 0 amide bonds. The molecule has 1 saturated carbocycles. The lowest BCUT2D eigenvalue weighted by atomic mass is 9.62. The van der Waals surface area contributed by atoms with Gasteiger partial charge in [-0.3, -0.25) is 9.36 Å². The molecule has 3 aromatic rings. The van der Waals surface area contributed by atoms with Crippen molar-refractivity contribution in [2.45, 2.75) is 69.9 Å². The van der Waals surface area contributed by atoms with E-state index in [9.17, 15) is 14.7 Å². The predicted molar refractivity (Wildman–Crippen MR) is 140 cm³/mol. The molecular formula is C29H33N5O3. The molecule has 0 bridgehead atoms. The van der Waals surface area contributed by atoms with Gasteiger partial charge in [-0.25, -0.2) is 14.8 Å². The Morgan fingerprint density at radius 2 is 1.95 bits per heavy atom. The lowest BCUT2D eigenvalue weighted by Gasteiger charge is -2.44. The normalized spacial score (nSPS) is 21.9. The van der Waals surface area contributed by atoms with Crippen LogP contribution in [0, 0.1) is 5.41 Å². The number of hydrogen-bond donors (Lipinski definition) is 3. The van der Waals surface area contributed by atoms with Crippen molar-refractivity contribution in [1.82, 2.24) is 25.2 Å². The van der Waals surface area contributed by atoms with Gasteiger partial charge in [0, 0.05) is 30.1 Å². The van der Waals surface area contributed by atoms with E-state index in [1.807, 2.05) is 36.4 Å². The molecule has 2 aromatic heterocycles. The first-order valence-corrected chi connectivity index (χ1v) is 13.5. The molecule has 1 aromatic carbocycles. The SMILES string of the molecule is O=C(O)[C@H](Cc1ccc(-n2c([C@H]3CCCCN3)nc3cccnc32)cc1)NC1=CC(=O)C12CCCCC2. The molecule has 2 aliphatic carbocycles. The topological polar surface area (TPSA) is 109 Å². The number of carboxylic acid groups (broad SMARTS) is 1. The largest absolute Gasteiger partial charge is 0.480 e. The highest BCUT2D eigenvalue weighted by Crippen LogP contribution is 2.48. The van der Waals surface area contributed by atoms with Gasteiger partial charge < -0.3 is 15.7 Å². The first-order valence-electron chi connectivity index (χ1n) is 13.5. The van der Waals surface area contributed by atoms with Crippen LogP contribution < -0.4 is 10.6 Å². The Morgan fingerprint density at radius 1 is 1.14 bits per heavy atom. The maximum atomic E-state index is 12.4. The summed E-state index contributed by atoms with van der Waals surface area (Å²) in [6, 6.07) is 11.3. The van der Waals surface area contributed by atoms with Crippen molar-refractivity contribution in [3.8, 4) is 5.69 Å². The van der Waals surface area contributed by atoms with E-state index >= 15 is 0 Å². The van der Waals surface area contributed by atoms with Gasteiger partial charge in [-0.2, -0.15) is 0 Å². The van der Waals surface area contributed by atoms with Gasteiger partial charge in [0.2, 0.25) is 0 Å². The Morgan fingerprint density at radius 3 is 2.65 bits per heavy atom. The van der Waals surface area contributed by atoms with Crippen molar-refractivity contribution in [3.63, 3.8) is 0 Å². The minimum absolute atomic E-state index is 0.146. The van der Waals surface area contributed by atoms with Crippen LogP contribution in [0.2, 0.25) is 0 Å². The molecular weight excluding hydrogens is 466 g/mol. The van der Waals surface area contributed by atoms with E-state index in [1.54, 1.807) is 12.3 Å². The van der Waals surface area contributed by atoms with E-state index in [2.05, 4.69) is 20.2 Å². The van der Waals surface area contributed by atoms with Crippen molar-refractivity contribution in [2.24, 2.45) is 5.41 Å². The van der Waals surface area contributed by atoms with Crippen molar-refractivity contribution in [2.75, 3.05) is 6.54 Å². The smallest absolute Gasteiger partial charge is 0.326 e. The Hall–Kier alpha value is -3.52. The number of hydrogen-bond acceptors (Lipinski definition) is 6. The maximum absolute atomic E-state index is 12.4. The number of piperidine rings is 1. The number of allylic oxidation sites excluding steroid dienone is 2. The summed E-state index contributed by atoms with van der Waals surface area (Å²) in [5, 5.41) is 16.8. The molecule has 37 heavy (non-hydrogen) atoms. The standard InChI is InChI=1S/C29H33N5O3/c35-25-18-24(29(25)13-3-1-4-14-29)32-23(28(36)37)17-19-9-11-20(12-10-19)34-26-22(8-6-16-31-26)33-27(34)21-7-2-5-15-30-21/h6,8-12,16,18,21,23,30,32H,1-5,7,13-15,17H2,(H,36,37)/t21-,23+/m1/s1. The molecule has 2 fully saturated rings. The van der Waals surface area contributed by atoms with Gasteiger partial charge in [0.25, 0.3) is 0 Å². The number of carboxylic acids is 1. The molecule has 3 N–H and O–H groups in total. The lowest BCUT2D eigenvalue weighted by molar-refractivity contribution is -0.140. The number of aromatic nitrogens is 3. The summed E-state index contributed by atoms with van der Waals surface area (Å²) in [6.07, 6.45) is 11.9. The van der Waals surface area contributed by atoms with E-state index in [1.165, 1.54) is 12.8 Å². The molecule has 0 unspecified atom stereocenters. The molecule has 192 valence electrons. The zero-order valence-electron chi connectivity index (χ0n) is 20.9. The Labute approximate surface area is 216 Å². The quantitative estimate of drug-likeness (QED) is 0.446. The van der Waals surface area contributed by atoms with Crippen LogP contribution >= 0.6 is 0 Å². The van der Waals surface area contributed by atoms with Crippen LogP contribution in [0.3, 0.4) is 0 Å². The fourth-order valence-corrected chi connectivity index (χ4v) is 6.21. The summed E-state index contributed by atoms with van der Waals surface area (Å²) in [6.45, 7) is 0.979. The van der Waals surface area contributed by atoms with Crippen LogP contribution in [0.15, 0.2) is 54.4 Å². The Bertz CT molecular complexity index is 1350. The number of fused-ring (bicyclic) bond motifs is 1. The van der Waals surface area contributed by atoms with Crippen molar-refractivity contribution in [3.05, 3.63) is 65.8 Å². The minimum Gasteiger partial charge on any atom is -0.480 e. The van der Waals surface area contributed by atoms with Crippen LogP contribution in [-0.4, -0.2) is 44.0 Å². The fraction of sp³-hybridized carbons (Fsp3) is 0.448. The minimum atomic E-state index is -0.911. The summed E-state index contributed by atoms with van der Waals surface area (Å²) in [7, 11) is 0. The predicted octanol–water partition coefficient (Wildman–Crippen LogP) is 4.24. The summed E-state index contributed by atoms with van der Waals surface area (Å²) < 4.78 is 2.12. The number of benzene rings is 1. The van der Waals surface area contributed by atoms with Crippen LogP contribution in [0.4, 0.5) is 0 Å². The number of nitrogens with zero attached hydrogens (tertiary/aromatic N) is 3. The zero-order valence-corrected chi connectivity index (χ0v) is 20.9. The van der Waals surface area contributed by atoms with Crippen molar-refractivity contribution in [1.29, 1.82) is 0 Å². The second-order valence-corrected chi connectivity index (χ2v) is 10.6. The second-order valence-electron chi connectivity index (χ2n) is 10.6. The van der Waals surface area contributed by atoms with Crippen LogP contribution in [0.1, 0.15) is 68.8 Å². The Balaban J connectivity index is 1.24. The number of pyridine rings is 1. The third-order valence-corrected chi connectivity index (χ3v) is 8.30. The van der Waals surface area contributed by atoms with Crippen molar-refractivity contribution < 1.29 is 14.7 Å². The third kappa shape index (κ3) is 4.33. The van der Waals surface area contributed by atoms with E-state index in [-0.39, 0.29) is 11.8 Å². The summed E-state index contributed by atoms with van der Waals surface area (Å²) in [5.74, 6) is 0.198. The average Bonchev–Trinajstić information content (AvgIpc) is 3.33. The van der Waals surface area contributed by atoms with Crippen LogP contribution in [0.5, 0.6) is 0 Å². The molecule has 2 atom stereocenters. The van der Waals surface area contributed by atoms with Gasteiger partial charge in [-0.05, 0) is 62.1 Å². The van der Waals surface area contributed by atoms with Gasteiger partial charge in [0.05, 0.1) is 11.5 Å². The van der Waals surface area contributed by atoms with Gasteiger partial charge in [0.1, 0.15) is 17.4 Å². The number of nitrogens with one attached hydrogen (secondary N) is 2.